The van der Waals surface area contributed by atoms with Gasteiger partial charge in [-0.05, 0) is 31.1 Å². The third kappa shape index (κ3) is 2.43. The van der Waals surface area contributed by atoms with Gasteiger partial charge in [-0.1, -0.05) is 0 Å². The van der Waals surface area contributed by atoms with E-state index in [0.29, 0.717) is 0 Å². The van der Waals surface area contributed by atoms with Gasteiger partial charge in [-0.15, -0.1) is 0 Å². The second-order valence-electron chi connectivity index (χ2n) is 3.70. The molecule has 6 nitrogen and oxygen atoms in total. The Balaban J connectivity index is 2.76. The number of carbonyl (C=O) groups excluding carboxylic acids is 1. The Morgan fingerprint density at radius 3 is 2.46 bits per heavy atom. The van der Waals surface area contributed by atoms with Crippen LogP contribution < -0.4 is 11.1 Å². The maximum atomic E-state index is 11.4. The molecule has 0 fully saturated rings. The fraction of sp³-hybridized carbons (Fsp3) is 0.571. The maximum absolute atomic E-state index is 11.4. The molecule has 0 aliphatic carbocycles. The van der Waals surface area contributed by atoms with Crippen LogP contribution in [-0.4, -0.2) is 21.8 Å². The van der Waals surface area contributed by atoms with Crippen molar-refractivity contribution in [1.82, 2.24) is 15.6 Å². The van der Waals surface area contributed by atoms with E-state index in [1.807, 2.05) is 20.8 Å². The number of aromatic nitrogens is 2. The number of nitrogen functional groups attached to an aromatic ring is 1. The molecule has 6 heteroatoms. The first-order valence-corrected chi connectivity index (χ1v) is 3.81. The van der Waals surface area contributed by atoms with Crippen molar-refractivity contribution in [3.8, 4) is 0 Å². The van der Waals surface area contributed by atoms with Crippen LogP contribution in [0.4, 0.5) is 5.82 Å². The first-order chi connectivity index (χ1) is 5.90. The number of nitrogens with two attached hydrogens (primary N) is 1. The molecule has 1 heterocycles. The van der Waals surface area contributed by atoms with Crippen molar-refractivity contribution in [3.63, 3.8) is 0 Å². The lowest BCUT2D eigenvalue weighted by molar-refractivity contribution is 0.0910. The molecule has 0 spiro atoms. The number of nitrogens with zero attached hydrogens (tertiary/aromatic N) is 2. The lowest BCUT2D eigenvalue weighted by Gasteiger charge is -2.19. The minimum Gasteiger partial charge on any atom is -0.379 e. The summed E-state index contributed by atoms with van der Waals surface area (Å²) in [5.74, 6) is -0.381. The molecule has 0 aliphatic heterocycles. The molecule has 1 aromatic heterocycles. The van der Waals surface area contributed by atoms with E-state index in [1.54, 1.807) is 0 Å². The van der Waals surface area contributed by atoms with Gasteiger partial charge < -0.3 is 11.1 Å². The highest BCUT2D eigenvalue weighted by Crippen LogP contribution is 2.06. The van der Waals surface area contributed by atoms with Crippen molar-refractivity contribution >= 4 is 11.7 Å². The molecular formula is C7H12N4O2. The molecule has 1 amide bonds. The largest absolute Gasteiger partial charge is 0.379 e. The molecule has 0 saturated heterocycles. The number of rotatable bonds is 1. The molecule has 0 bridgehead atoms. The minimum absolute atomic E-state index is 0.00162. The molecule has 0 saturated carbocycles. The Hall–Kier alpha value is -1.59. The van der Waals surface area contributed by atoms with Crippen LogP contribution in [0.1, 0.15) is 31.3 Å². The second kappa shape index (κ2) is 3.04. The molecule has 0 aromatic carbocycles. The van der Waals surface area contributed by atoms with Gasteiger partial charge in [-0.3, -0.25) is 4.79 Å². The van der Waals surface area contributed by atoms with Crippen LogP contribution in [0.25, 0.3) is 0 Å². The van der Waals surface area contributed by atoms with Crippen LogP contribution in [0, 0.1) is 0 Å². The Labute approximate surface area is 75.4 Å². The van der Waals surface area contributed by atoms with E-state index < -0.39 is 0 Å². The summed E-state index contributed by atoms with van der Waals surface area (Å²) in [6.07, 6.45) is 0. The normalized spacial score (nSPS) is 11.3. The number of amides is 1. The molecule has 72 valence electrons. The van der Waals surface area contributed by atoms with Crippen LogP contribution in [-0.2, 0) is 0 Å². The lowest BCUT2D eigenvalue weighted by Crippen LogP contribution is -2.41. The lowest BCUT2D eigenvalue weighted by atomic mass is 10.1. The average Bonchev–Trinajstić information content (AvgIpc) is 2.30. The second-order valence-corrected chi connectivity index (χ2v) is 3.70. The van der Waals surface area contributed by atoms with Crippen LogP contribution in [0.2, 0.25) is 0 Å². The summed E-state index contributed by atoms with van der Waals surface area (Å²) in [5, 5.41) is 9.36. The van der Waals surface area contributed by atoms with E-state index >= 15 is 0 Å². The minimum atomic E-state index is -0.383. The van der Waals surface area contributed by atoms with E-state index in [9.17, 15) is 4.79 Å². The number of anilines is 1. The maximum Gasteiger partial charge on any atom is 0.277 e. The zero-order valence-electron chi connectivity index (χ0n) is 7.79. The van der Waals surface area contributed by atoms with Gasteiger partial charge in [0.05, 0.1) is 0 Å². The van der Waals surface area contributed by atoms with Crippen molar-refractivity contribution in [2.45, 2.75) is 26.3 Å². The summed E-state index contributed by atoms with van der Waals surface area (Å²) in [4.78, 5) is 11.4. The zero-order valence-corrected chi connectivity index (χ0v) is 7.79. The summed E-state index contributed by atoms with van der Waals surface area (Å²) in [6, 6.07) is 0. The average molecular weight is 184 g/mol. The topological polar surface area (TPSA) is 94.0 Å². The van der Waals surface area contributed by atoms with E-state index in [-0.39, 0.29) is 23.0 Å². The van der Waals surface area contributed by atoms with Gasteiger partial charge in [0, 0.05) is 5.54 Å². The first kappa shape index (κ1) is 9.50. The molecule has 1 aromatic rings. The highest BCUT2D eigenvalue weighted by atomic mass is 16.6. The summed E-state index contributed by atoms with van der Waals surface area (Å²) < 4.78 is 4.30. The van der Waals surface area contributed by atoms with Crippen molar-refractivity contribution in [1.29, 1.82) is 0 Å². The van der Waals surface area contributed by atoms with Crippen molar-refractivity contribution in [3.05, 3.63) is 5.69 Å². The molecule has 3 N–H and O–H groups in total. The smallest absolute Gasteiger partial charge is 0.277 e. The predicted octanol–water partition coefficient (Wildman–Crippen LogP) is 0.180. The fourth-order valence-corrected chi connectivity index (χ4v) is 0.753. The van der Waals surface area contributed by atoms with Crippen molar-refractivity contribution < 1.29 is 9.42 Å². The summed E-state index contributed by atoms with van der Waals surface area (Å²) in [7, 11) is 0. The standard InChI is InChI=1S/C7H12N4O2/c1-7(2,3)9-6(12)4-5(8)11-13-10-4/h1-3H3,(H2,8,11)(H,9,12). The van der Waals surface area contributed by atoms with Gasteiger partial charge in [0.2, 0.25) is 11.5 Å². The predicted molar refractivity (Wildman–Crippen MR) is 45.9 cm³/mol. The monoisotopic (exact) mass is 184 g/mol. The summed E-state index contributed by atoms with van der Waals surface area (Å²) in [5.41, 5.74) is 5.02. The molecule has 13 heavy (non-hydrogen) atoms. The van der Waals surface area contributed by atoms with Gasteiger partial charge >= 0.3 is 0 Å². The van der Waals surface area contributed by atoms with Gasteiger partial charge in [-0.25, -0.2) is 4.63 Å². The van der Waals surface area contributed by atoms with Gasteiger partial charge in [-0.2, -0.15) is 0 Å². The van der Waals surface area contributed by atoms with Gasteiger partial charge in [0.15, 0.2) is 0 Å². The van der Waals surface area contributed by atoms with Crippen LogP contribution in [0.5, 0.6) is 0 Å². The molecular weight excluding hydrogens is 172 g/mol. The van der Waals surface area contributed by atoms with Crippen LogP contribution >= 0.6 is 0 Å². The number of carbonyl (C=O) groups is 1. The summed E-state index contributed by atoms with van der Waals surface area (Å²) in [6.45, 7) is 5.57. The summed E-state index contributed by atoms with van der Waals surface area (Å²) >= 11 is 0. The Kier molecular flexibility index (Phi) is 2.22. The third-order valence-electron chi connectivity index (χ3n) is 1.22. The van der Waals surface area contributed by atoms with Crippen LogP contribution in [0.15, 0.2) is 4.63 Å². The quantitative estimate of drug-likeness (QED) is 0.649. The molecule has 0 radical (unpaired) electrons. The zero-order chi connectivity index (χ0) is 10.1. The van der Waals surface area contributed by atoms with E-state index in [2.05, 4.69) is 20.3 Å². The molecule has 0 atom stereocenters. The molecule has 0 aliphatic rings. The van der Waals surface area contributed by atoms with Crippen molar-refractivity contribution in [2.75, 3.05) is 5.73 Å². The first-order valence-electron chi connectivity index (χ1n) is 3.81. The Morgan fingerprint density at radius 2 is 2.08 bits per heavy atom. The molecule has 1 rings (SSSR count). The van der Waals surface area contributed by atoms with Crippen molar-refractivity contribution in [2.24, 2.45) is 0 Å². The van der Waals surface area contributed by atoms with Crippen LogP contribution in [0.3, 0.4) is 0 Å². The highest BCUT2D eigenvalue weighted by molar-refractivity contribution is 5.96. The third-order valence-corrected chi connectivity index (χ3v) is 1.22. The van der Waals surface area contributed by atoms with Gasteiger partial charge in [0.25, 0.3) is 5.91 Å². The fourth-order valence-electron chi connectivity index (χ4n) is 0.753. The number of hydrogen-bond donors (Lipinski definition) is 2. The van der Waals surface area contributed by atoms with E-state index in [1.165, 1.54) is 0 Å². The number of nitrogens with one attached hydrogen (secondary N) is 1. The number of hydrogen-bond acceptors (Lipinski definition) is 5. The molecule has 0 unspecified atom stereocenters. The van der Waals surface area contributed by atoms with Gasteiger partial charge in [0.1, 0.15) is 0 Å². The van der Waals surface area contributed by atoms with E-state index in [0.717, 1.165) is 0 Å². The highest BCUT2D eigenvalue weighted by Gasteiger charge is 2.20. The Bertz CT molecular complexity index is 313. The SMILES string of the molecule is CC(C)(C)NC(=O)c1nonc1N. The van der Waals surface area contributed by atoms with E-state index in [4.69, 9.17) is 5.73 Å². The Morgan fingerprint density at radius 1 is 1.46 bits per heavy atom.